The second kappa shape index (κ2) is 17.4. The SMILES string of the molecule is Cc1ncc(-c2ccc(C#N)cc2)c(NC2CCCC2)n1.Cc1ncc(Br)c(NC2CCCC2)n1.N#Cc1ccc(B(O)O)cc1. The van der Waals surface area contributed by atoms with Gasteiger partial charge < -0.3 is 20.7 Å². The number of nitrogens with one attached hydrogen (secondary N) is 2. The summed E-state index contributed by atoms with van der Waals surface area (Å²) in [5, 5.41) is 41.6. The van der Waals surface area contributed by atoms with E-state index < -0.39 is 7.12 Å². The van der Waals surface area contributed by atoms with Gasteiger partial charge in [-0.15, -0.1) is 0 Å². The molecule has 2 aliphatic carbocycles. The zero-order chi connectivity index (χ0) is 32.9. The summed E-state index contributed by atoms with van der Waals surface area (Å²) < 4.78 is 0.954. The maximum atomic E-state index is 8.89. The third-order valence-electron chi connectivity index (χ3n) is 7.83. The van der Waals surface area contributed by atoms with E-state index in [0.717, 1.165) is 38.9 Å². The molecule has 0 aliphatic heterocycles. The largest absolute Gasteiger partial charge is 0.488 e. The van der Waals surface area contributed by atoms with Crippen molar-refractivity contribution >= 4 is 40.1 Å². The van der Waals surface area contributed by atoms with Gasteiger partial charge in [-0.25, -0.2) is 19.9 Å². The van der Waals surface area contributed by atoms with Gasteiger partial charge in [0.05, 0.1) is 27.7 Å². The van der Waals surface area contributed by atoms with Gasteiger partial charge in [-0.3, -0.25) is 0 Å². The van der Waals surface area contributed by atoms with Gasteiger partial charge in [0.15, 0.2) is 0 Å². The molecule has 0 amide bonds. The summed E-state index contributed by atoms with van der Waals surface area (Å²) in [6.45, 7) is 3.81. The Morgan fingerprint density at radius 1 is 0.717 bits per heavy atom. The third-order valence-corrected chi connectivity index (χ3v) is 8.41. The van der Waals surface area contributed by atoms with Crippen LogP contribution in [0.4, 0.5) is 11.6 Å². The lowest BCUT2D eigenvalue weighted by atomic mass is 9.80. The summed E-state index contributed by atoms with van der Waals surface area (Å²) in [4.78, 5) is 17.4. The van der Waals surface area contributed by atoms with E-state index >= 15 is 0 Å². The molecule has 10 nitrogen and oxygen atoms in total. The van der Waals surface area contributed by atoms with Crippen LogP contribution in [0.3, 0.4) is 0 Å². The predicted molar refractivity (Wildman–Crippen MR) is 184 cm³/mol. The summed E-state index contributed by atoms with van der Waals surface area (Å²) >= 11 is 3.45. The molecule has 46 heavy (non-hydrogen) atoms. The van der Waals surface area contributed by atoms with Crippen molar-refractivity contribution in [2.75, 3.05) is 10.6 Å². The summed E-state index contributed by atoms with van der Waals surface area (Å²) in [6, 6.07) is 18.8. The van der Waals surface area contributed by atoms with Crippen molar-refractivity contribution < 1.29 is 10.0 Å². The average Bonchev–Trinajstić information content (AvgIpc) is 3.79. The molecule has 0 radical (unpaired) electrons. The fraction of sp³-hybridized carbons (Fsp3) is 0.353. The van der Waals surface area contributed by atoms with Crippen LogP contribution in [0.5, 0.6) is 0 Å². The lowest BCUT2D eigenvalue weighted by Crippen LogP contribution is -2.29. The summed E-state index contributed by atoms with van der Waals surface area (Å²) in [5.74, 6) is 3.42. The molecule has 236 valence electrons. The van der Waals surface area contributed by atoms with E-state index in [-0.39, 0.29) is 0 Å². The lowest BCUT2D eigenvalue weighted by Gasteiger charge is -2.16. The van der Waals surface area contributed by atoms with Crippen LogP contribution in [-0.4, -0.2) is 49.2 Å². The van der Waals surface area contributed by atoms with Gasteiger partial charge in [-0.05, 0) is 90.8 Å². The van der Waals surface area contributed by atoms with E-state index in [0.29, 0.717) is 28.7 Å². The second-order valence-corrected chi connectivity index (χ2v) is 12.2. The zero-order valence-electron chi connectivity index (χ0n) is 26.1. The molecule has 4 N–H and O–H groups in total. The minimum Gasteiger partial charge on any atom is -0.423 e. The maximum Gasteiger partial charge on any atom is 0.488 e. The molecule has 0 saturated heterocycles. The quantitative estimate of drug-likeness (QED) is 0.183. The molecule has 12 heteroatoms. The Kier molecular flexibility index (Phi) is 13.0. The van der Waals surface area contributed by atoms with Gasteiger partial charge in [0, 0.05) is 30.0 Å². The number of rotatable bonds is 6. The first-order valence-corrected chi connectivity index (χ1v) is 16.3. The Bertz CT molecular complexity index is 1640. The monoisotopic (exact) mass is 680 g/mol. The van der Waals surface area contributed by atoms with Crippen LogP contribution in [0.2, 0.25) is 0 Å². The molecule has 2 aromatic carbocycles. The molecule has 4 aromatic rings. The molecule has 0 spiro atoms. The molecular weight excluding hydrogens is 643 g/mol. The number of halogens is 1. The molecule has 0 bridgehead atoms. The van der Waals surface area contributed by atoms with E-state index in [4.69, 9.17) is 20.6 Å². The minimum absolute atomic E-state index is 0.393. The highest BCUT2D eigenvalue weighted by Gasteiger charge is 2.18. The van der Waals surface area contributed by atoms with E-state index in [1.807, 2.05) is 50.4 Å². The number of nitrogens with zero attached hydrogens (tertiary/aromatic N) is 6. The summed E-state index contributed by atoms with van der Waals surface area (Å²) in [6.07, 6.45) is 13.8. The second-order valence-electron chi connectivity index (χ2n) is 11.3. The van der Waals surface area contributed by atoms with Gasteiger partial charge >= 0.3 is 7.12 Å². The zero-order valence-corrected chi connectivity index (χ0v) is 27.7. The van der Waals surface area contributed by atoms with Crippen molar-refractivity contribution in [2.24, 2.45) is 0 Å². The summed E-state index contributed by atoms with van der Waals surface area (Å²) in [5.41, 5.74) is 3.60. The van der Waals surface area contributed by atoms with Crippen molar-refractivity contribution in [1.82, 2.24) is 19.9 Å². The van der Waals surface area contributed by atoms with Crippen molar-refractivity contribution in [3.8, 4) is 23.3 Å². The fourth-order valence-electron chi connectivity index (χ4n) is 5.33. The number of aromatic nitrogens is 4. The molecule has 2 aromatic heterocycles. The van der Waals surface area contributed by atoms with Crippen LogP contribution in [0.15, 0.2) is 65.4 Å². The highest BCUT2D eigenvalue weighted by molar-refractivity contribution is 9.10. The number of hydrogen-bond donors (Lipinski definition) is 4. The van der Waals surface area contributed by atoms with Crippen LogP contribution in [0, 0.1) is 36.5 Å². The minimum atomic E-state index is -1.46. The highest BCUT2D eigenvalue weighted by atomic mass is 79.9. The summed E-state index contributed by atoms with van der Waals surface area (Å²) in [7, 11) is -1.46. The van der Waals surface area contributed by atoms with Crippen LogP contribution < -0.4 is 16.1 Å². The first kappa shape index (κ1) is 34.5. The van der Waals surface area contributed by atoms with Gasteiger partial charge in [0.2, 0.25) is 0 Å². The van der Waals surface area contributed by atoms with Crippen LogP contribution in [0.25, 0.3) is 11.1 Å². The number of aryl methyl sites for hydroxylation is 2. The molecule has 0 atom stereocenters. The predicted octanol–water partition coefficient (Wildman–Crippen LogP) is 5.82. The molecule has 2 saturated carbocycles. The van der Waals surface area contributed by atoms with Gasteiger partial charge in [0.1, 0.15) is 23.3 Å². The number of hydrogen-bond acceptors (Lipinski definition) is 10. The highest BCUT2D eigenvalue weighted by Crippen LogP contribution is 2.29. The van der Waals surface area contributed by atoms with Gasteiger partial charge in [-0.2, -0.15) is 10.5 Å². The molecule has 2 heterocycles. The Hall–Kier alpha value is -4.36. The molecule has 2 fully saturated rings. The first-order valence-electron chi connectivity index (χ1n) is 15.5. The Labute approximate surface area is 279 Å². The van der Waals surface area contributed by atoms with Crippen molar-refractivity contribution in [2.45, 2.75) is 77.3 Å². The number of benzene rings is 2. The van der Waals surface area contributed by atoms with E-state index in [1.54, 1.807) is 6.20 Å². The van der Waals surface area contributed by atoms with Crippen molar-refractivity contribution in [3.05, 3.63) is 88.2 Å². The number of nitriles is 2. The fourth-order valence-corrected chi connectivity index (χ4v) is 5.63. The van der Waals surface area contributed by atoms with Gasteiger partial charge in [0.25, 0.3) is 0 Å². The Morgan fingerprint density at radius 2 is 1.17 bits per heavy atom. The topological polar surface area (TPSA) is 164 Å². The van der Waals surface area contributed by atoms with Crippen LogP contribution in [0.1, 0.15) is 74.1 Å². The Morgan fingerprint density at radius 3 is 1.67 bits per heavy atom. The maximum absolute atomic E-state index is 8.89. The van der Waals surface area contributed by atoms with E-state index in [1.165, 1.54) is 75.6 Å². The van der Waals surface area contributed by atoms with Crippen molar-refractivity contribution in [3.63, 3.8) is 0 Å². The smallest absolute Gasteiger partial charge is 0.423 e. The van der Waals surface area contributed by atoms with Gasteiger partial charge in [-0.1, -0.05) is 49.9 Å². The number of anilines is 2. The van der Waals surface area contributed by atoms with Crippen LogP contribution >= 0.6 is 15.9 Å². The molecule has 6 rings (SSSR count). The third kappa shape index (κ3) is 10.3. The molecule has 2 aliphatic rings. The standard InChI is InChI=1S/C17H18N4.C10H14BrN3.C7H6BNO2/c1-12-19-11-16(14-8-6-13(10-18)7-9-14)17(20-12)21-15-4-2-3-5-15;1-7-12-6-9(11)10(13-7)14-8-4-2-3-5-8;9-5-6-1-3-7(4-2-6)8(10)11/h6-9,11,15H,2-5H2,1H3,(H,19,20,21);6,8H,2-5H2,1H3,(H,12,13,14);1-4,10-11H. The normalized spacial score (nSPS) is 14.2. The average molecular weight is 681 g/mol. The lowest BCUT2D eigenvalue weighted by molar-refractivity contribution is 0.426. The Balaban J connectivity index is 0.000000167. The van der Waals surface area contributed by atoms with Crippen molar-refractivity contribution in [1.29, 1.82) is 10.5 Å². The molecule has 0 unspecified atom stereocenters. The van der Waals surface area contributed by atoms with E-state index in [9.17, 15) is 0 Å². The molecular formula is C34H38BBrN8O2. The van der Waals surface area contributed by atoms with E-state index in [2.05, 4.69) is 52.6 Å². The van der Waals surface area contributed by atoms with Crippen LogP contribution in [-0.2, 0) is 0 Å². The first-order chi connectivity index (χ1) is 22.2.